The van der Waals surface area contributed by atoms with Crippen molar-refractivity contribution in [2.24, 2.45) is 4.99 Å². The van der Waals surface area contributed by atoms with E-state index in [2.05, 4.69) is 4.99 Å². The van der Waals surface area contributed by atoms with E-state index < -0.39 is 0 Å². The maximum absolute atomic E-state index is 13.3. The highest BCUT2D eigenvalue weighted by Crippen LogP contribution is 2.34. The number of thioether (sulfide) groups is 1. The van der Waals surface area contributed by atoms with Gasteiger partial charge in [0.05, 0.1) is 4.91 Å². The number of benzene rings is 2. The number of amidine groups is 1. The van der Waals surface area contributed by atoms with Crippen LogP contribution in [0.2, 0.25) is 0 Å². The highest BCUT2D eigenvalue weighted by atomic mass is 32.2. The SMILES string of the molecule is CCN=C1S/C(=C/c2ccccc2OCc2cccc(F)c2)C(=O)N1CC. The van der Waals surface area contributed by atoms with Crippen molar-refractivity contribution >= 4 is 28.9 Å². The molecule has 4 nitrogen and oxygen atoms in total. The molecule has 0 atom stereocenters. The number of ether oxygens (including phenoxy) is 1. The molecule has 0 N–H and O–H groups in total. The molecule has 2 aromatic carbocycles. The Labute approximate surface area is 162 Å². The van der Waals surface area contributed by atoms with Crippen molar-refractivity contribution in [3.05, 3.63) is 70.4 Å². The minimum Gasteiger partial charge on any atom is -0.488 e. The van der Waals surface area contributed by atoms with E-state index in [1.165, 1.54) is 23.9 Å². The second-order valence-corrected chi connectivity index (χ2v) is 6.88. The molecule has 2 aromatic rings. The summed E-state index contributed by atoms with van der Waals surface area (Å²) in [6.45, 7) is 5.35. The normalized spacial score (nSPS) is 17.1. The van der Waals surface area contributed by atoms with E-state index in [0.29, 0.717) is 23.7 Å². The topological polar surface area (TPSA) is 41.9 Å². The van der Waals surface area contributed by atoms with Crippen LogP contribution in [-0.2, 0) is 11.4 Å². The summed E-state index contributed by atoms with van der Waals surface area (Å²) in [4.78, 5) is 19.3. The highest BCUT2D eigenvalue weighted by Gasteiger charge is 2.31. The van der Waals surface area contributed by atoms with Gasteiger partial charge >= 0.3 is 0 Å². The number of carbonyl (C=O) groups excluding carboxylic acids is 1. The average molecular weight is 384 g/mol. The number of para-hydroxylation sites is 1. The smallest absolute Gasteiger partial charge is 0.266 e. The largest absolute Gasteiger partial charge is 0.488 e. The summed E-state index contributed by atoms with van der Waals surface area (Å²) in [5, 5.41) is 0.731. The molecule has 0 radical (unpaired) electrons. The Morgan fingerprint density at radius 3 is 2.74 bits per heavy atom. The third-order valence-electron chi connectivity index (χ3n) is 3.99. The van der Waals surface area contributed by atoms with Gasteiger partial charge in [-0.05, 0) is 55.4 Å². The summed E-state index contributed by atoms with van der Waals surface area (Å²) in [7, 11) is 0. The molecule has 0 unspecified atom stereocenters. The van der Waals surface area contributed by atoms with Crippen LogP contribution < -0.4 is 4.74 Å². The lowest BCUT2D eigenvalue weighted by Crippen LogP contribution is -2.28. The number of hydrogen-bond acceptors (Lipinski definition) is 4. The Morgan fingerprint density at radius 1 is 1.19 bits per heavy atom. The minimum absolute atomic E-state index is 0.0466. The zero-order valence-electron chi connectivity index (χ0n) is 15.3. The van der Waals surface area contributed by atoms with E-state index >= 15 is 0 Å². The van der Waals surface area contributed by atoms with Gasteiger partial charge in [0.1, 0.15) is 18.2 Å². The quantitative estimate of drug-likeness (QED) is 0.677. The van der Waals surface area contributed by atoms with Crippen LogP contribution in [0.1, 0.15) is 25.0 Å². The fourth-order valence-electron chi connectivity index (χ4n) is 2.70. The molecule has 27 heavy (non-hydrogen) atoms. The molecule has 3 rings (SSSR count). The van der Waals surface area contributed by atoms with Gasteiger partial charge in [-0.25, -0.2) is 4.39 Å². The Hall–Kier alpha value is -2.60. The summed E-state index contributed by atoms with van der Waals surface area (Å²) in [5.41, 5.74) is 1.55. The van der Waals surface area contributed by atoms with Gasteiger partial charge in [0.15, 0.2) is 5.17 Å². The number of rotatable bonds is 6. The Bertz CT molecular complexity index is 895. The molecule has 1 heterocycles. The fraction of sp³-hybridized carbons (Fsp3) is 0.238. The predicted molar refractivity (Wildman–Crippen MR) is 108 cm³/mol. The first-order valence-electron chi connectivity index (χ1n) is 8.84. The number of aliphatic imine (C=N–C) groups is 1. The van der Waals surface area contributed by atoms with Gasteiger partial charge in [-0.2, -0.15) is 0 Å². The maximum atomic E-state index is 13.3. The van der Waals surface area contributed by atoms with Crippen molar-refractivity contribution in [3.63, 3.8) is 0 Å². The summed E-state index contributed by atoms with van der Waals surface area (Å²) < 4.78 is 19.2. The van der Waals surface area contributed by atoms with Gasteiger partial charge in [-0.15, -0.1) is 0 Å². The number of halogens is 1. The molecule has 0 aromatic heterocycles. The van der Waals surface area contributed by atoms with Gasteiger partial charge in [-0.1, -0.05) is 30.3 Å². The van der Waals surface area contributed by atoms with E-state index in [-0.39, 0.29) is 18.3 Å². The Kier molecular flexibility index (Phi) is 6.29. The lowest BCUT2D eigenvalue weighted by Gasteiger charge is -2.11. The van der Waals surface area contributed by atoms with E-state index in [1.54, 1.807) is 11.0 Å². The zero-order valence-corrected chi connectivity index (χ0v) is 16.1. The minimum atomic E-state index is -0.290. The molecule has 1 amide bonds. The predicted octanol–water partition coefficient (Wildman–Crippen LogP) is 4.72. The second kappa shape index (κ2) is 8.86. The lowest BCUT2D eigenvalue weighted by molar-refractivity contribution is -0.122. The van der Waals surface area contributed by atoms with Gasteiger partial charge < -0.3 is 4.74 Å². The number of nitrogens with zero attached hydrogens (tertiary/aromatic N) is 2. The number of likely N-dealkylation sites (N-methyl/N-ethyl adjacent to an activating group) is 1. The molecular formula is C21H21FN2O2S. The van der Waals surface area contributed by atoms with Crippen LogP contribution in [0.5, 0.6) is 5.75 Å². The molecule has 0 aliphatic carbocycles. The van der Waals surface area contributed by atoms with Crippen LogP contribution in [0.4, 0.5) is 4.39 Å². The first-order valence-corrected chi connectivity index (χ1v) is 9.66. The molecule has 1 aliphatic heterocycles. The summed E-state index contributed by atoms with van der Waals surface area (Å²) in [5.74, 6) is 0.308. The van der Waals surface area contributed by atoms with Crippen molar-refractivity contribution < 1.29 is 13.9 Å². The zero-order chi connectivity index (χ0) is 19.2. The summed E-state index contributed by atoms with van der Waals surface area (Å²) in [6, 6.07) is 13.8. The van der Waals surface area contributed by atoms with Crippen molar-refractivity contribution in [3.8, 4) is 5.75 Å². The Balaban J connectivity index is 1.82. The van der Waals surface area contributed by atoms with Crippen LogP contribution in [-0.4, -0.2) is 29.1 Å². The van der Waals surface area contributed by atoms with Gasteiger partial charge in [0, 0.05) is 18.7 Å². The first-order chi connectivity index (χ1) is 13.1. The third-order valence-corrected chi connectivity index (χ3v) is 5.03. The lowest BCUT2D eigenvalue weighted by atomic mass is 10.1. The van der Waals surface area contributed by atoms with Crippen molar-refractivity contribution in [1.82, 2.24) is 4.90 Å². The van der Waals surface area contributed by atoms with E-state index in [1.807, 2.05) is 50.3 Å². The molecule has 140 valence electrons. The van der Waals surface area contributed by atoms with Crippen molar-refractivity contribution in [1.29, 1.82) is 0 Å². The maximum Gasteiger partial charge on any atom is 0.266 e. The standard InChI is InChI=1S/C21H21FN2O2S/c1-3-23-21-24(4-2)20(25)19(27-21)13-16-9-5-6-11-18(16)26-14-15-8-7-10-17(22)12-15/h5-13H,3-4,14H2,1-2H3/b19-13+,23-21?. The van der Waals surface area contributed by atoms with Gasteiger partial charge in [0.25, 0.3) is 5.91 Å². The monoisotopic (exact) mass is 384 g/mol. The molecule has 6 heteroatoms. The molecule has 0 bridgehead atoms. The van der Waals surface area contributed by atoms with Crippen LogP contribution in [0.25, 0.3) is 6.08 Å². The van der Waals surface area contributed by atoms with Crippen molar-refractivity contribution in [2.75, 3.05) is 13.1 Å². The third kappa shape index (κ3) is 4.57. The van der Waals surface area contributed by atoms with E-state index in [0.717, 1.165) is 16.3 Å². The van der Waals surface area contributed by atoms with Crippen LogP contribution in [0, 0.1) is 5.82 Å². The number of carbonyl (C=O) groups is 1. The molecule has 0 spiro atoms. The van der Waals surface area contributed by atoms with Crippen LogP contribution in [0.3, 0.4) is 0 Å². The average Bonchev–Trinajstić information content (AvgIpc) is 2.96. The number of hydrogen-bond donors (Lipinski definition) is 0. The summed E-state index contributed by atoms with van der Waals surface area (Å²) >= 11 is 1.38. The second-order valence-electron chi connectivity index (χ2n) is 5.87. The molecule has 1 aliphatic rings. The fourth-order valence-corrected chi connectivity index (χ4v) is 3.80. The van der Waals surface area contributed by atoms with Gasteiger partial charge in [0.2, 0.25) is 0 Å². The Morgan fingerprint density at radius 2 is 2.00 bits per heavy atom. The summed E-state index contributed by atoms with van der Waals surface area (Å²) in [6.07, 6.45) is 1.83. The van der Waals surface area contributed by atoms with Crippen LogP contribution >= 0.6 is 11.8 Å². The molecule has 1 saturated heterocycles. The number of amides is 1. The highest BCUT2D eigenvalue weighted by molar-refractivity contribution is 8.18. The molecule has 1 fully saturated rings. The van der Waals surface area contributed by atoms with Gasteiger partial charge in [-0.3, -0.25) is 14.7 Å². The molecule has 0 saturated carbocycles. The van der Waals surface area contributed by atoms with E-state index in [9.17, 15) is 9.18 Å². The van der Waals surface area contributed by atoms with Crippen molar-refractivity contribution in [2.45, 2.75) is 20.5 Å². The first kappa shape index (κ1) is 19.2. The van der Waals surface area contributed by atoms with E-state index in [4.69, 9.17) is 4.74 Å². The van der Waals surface area contributed by atoms with Crippen LogP contribution in [0.15, 0.2) is 58.4 Å². The molecular weight excluding hydrogens is 363 g/mol.